The molecule has 0 aromatic carbocycles. The Bertz CT molecular complexity index is 182. The van der Waals surface area contributed by atoms with E-state index >= 15 is 0 Å². The lowest BCUT2D eigenvalue weighted by Crippen LogP contribution is -2.00. The highest BCUT2D eigenvalue weighted by Crippen LogP contribution is 3.01. The number of rotatable bonds is 0. The Morgan fingerprint density at radius 2 is 0.300 bits per heavy atom. The Morgan fingerprint density at radius 1 is 0.200 bits per heavy atom. The van der Waals surface area contributed by atoms with Gasteiger partial charge in [-0.2, -0.15) is 0 Å². The molecule has 0 aromatic rings. The van der Waals surface area contributed by atoms with Crippen LogP contribution in [0.15, 0.2) is 0 Å². The van der Waals surface area contributed by atoms with Crippen LogP contribution in [0.3, 0.4) is 0 Å². The van der Waals surface area contributed by atoms with Gasteiger partial charge in [-0.05, 0) is 59.2 Å². The predicted molar refractivity (Wildman–Crippen MR) is 34.9 cm³/mol. The van der Waals surface area contributed by atoms with Gasteiger partial charge in [0.1, 0.15) is 0 Å². The molecular weight excluding hydrogens is 120 g/mol. The molecular formula is C10H10. The Balaban J connectivity index is 1.92. The van der Waals surface area contributed by atoms with E-state index < -0.39 is 0 Å². The van der Waals surface area contributed by atoms with Crippen molar-refractivity contribution in [2.24, 2.45) is 59.2 Å². The molecule has 0 spiro atoms. The molecule has 6 fully saturated rings. The fourth-order valence-electron chi connectivity index (χ4n) is 6.54. The van der Waals surface area contributed by atoms with Crippen LogP contribution in [0.5, 0.6) is 0 Å². The van der Waals surface area contributed by atoms with Crippen LogP contribution >= 0.6 is 0 Å². The lowest BCUT2D eigenvalue weighted by atomic mass is 10.0. The zero-order valence-electron chi connectivity index (χ0n) is 5.77. The van der Waals surface area contributed by atoms with Crippen LogP contribution in [0.2, 0.25) is 0 Å². The van der Waals surface area contributed by atoms with Gasteiger partial charge >= 0.3 is 0 Å². The molecule has 0 aromatic heterocycles. The van der Waals surface area contributed by atoms with Crippen molar-refractivity contribution >= 4 is 0 Å². The van der Waals surface area contributed by atoms with E-state index in [1.54, 1.807) is 0 Å². The summed E-state index contributed by atoms with van der Waals surface area (Å²) >= 11 is 0. The van der Waals surface area contributed by atoms with E-state index in [-0.39, 0.29) is 0 Å². The molecule has 6 aliphatic rings. The van der Waals surface area contributed by atoms with Crippen LogP contribution in [0, 0.1) is 59.2 Å². The van der Waals surface area contributed by atoms with Gasteiger partial charge in [-0.1, -0.05) is 0 Å². The first-order valence-electron chi connectivity index (χ1n) is 5.00. The smallest absolute Gasteiger partial charge is 0.0312 e. The van der Waals surface area contributed by atoms with E-state index in [4.69, 9.17) is 0 Å². The van der Waals surface area contributed by atoms with Crippen molar-refractivity contribution in [1.29, 1.82) is 0 Å². The normalized spacial score (nSPS) is 108. The largest absolute Gasteiger partial charge is 0.0312 e. The van der Waals surface area contributed by atoms with Gasteiger partial charge in [0.2, 0.25) is 0 Å². The molecule has 0 saturated heterocycles. The highest BCUT2D eigenvalue weighted by Gasteiger charge is 2.97. The molecule has 6 saturated carbocycles. The van der Waals surface area contributed by atoms with Crippen molar-refractivity contribution in [1.82, 2.24) is 0 Å². The van der Waals surface area contributed by atoms with Crippen LogP contribution in [-0.2, 0) is 0 Å². The van der Waals surface area contributed by atoms with E-state index in [1.807, 2.05) is 0 Å². The molecule has 0 atom stereocenters. The maximum Gasteiger partial charge on any atom is -0.0312 e. The number of hydrogen-bond donors (Lipinski definition) is 0. The van der Waals surface area contributed by atoms with Gasteiger partial charge in [-0.3, -0.25) is 0 Å². The van der Waals surface area contributed by atoms with Crippen molar-refractivity contribution in [3.8, 4) is 0 Å². The summed E-state index contributed by atoms with van der Waals surface area (Å²) in [5.74, 6) is 13.3. The second kappa shape index (κ2) is 0.640. The first kappa shape index (κ1) is 3.60. The van der Waals surface area contributed by atoms with Gasteiger partial charge in [-0.25, -0.2) is 0 Å². The van der Waals surface area contributed by atoms with Crippen molar-refractivity contribution < 1.29 is 0 Å². The van der Waals surface area contributed by atoms with Crippen LogP contribution in [0.1, 0.15) is 0 Å². The Labute approximate surface area is 60.0 Å². The highest BCUT2D eigenvalue weighted by atomic mass is 15.0. The summed E-state index contributed by atoms with van der Waals surface area (Å²) in [5, 5.41) is 0. The first-order valence-corrected chi connectivity index (χ1v) is 5.00. The molecule has 0 heteroatoms. The number of fused-ring (bicyclic) bond motifs is 6. The molecule has 0 heterocycles. The Morgan fingerprint density at radius 3 is 0.400 bits per heavy atom. The van der Waals surface area contributed by atoms with E-state index in [9.17, 15) is 0 Å². The van der Waals surface area contributed by atoms with Gasteiger partial charge in [0.25, 0.3) is 0 Å². The van der Waals surface area contributed by atoms with Crippen LogP contribution in [-0.4, -0.2) is 0 Å². The van der Waals surface area contributed by atoms with Crippen molar-refractivity contribution in [3.05, 3.63) is 0 Å². The third-order valence-electron chi connectivity index (χ3n) is 6.24. The van der Waals surface area contributed by atoms with E-state index in [0.29, 0.717) is 0 Å². The Kier molecular flexibility index (Phi) is 0.230. The quantitative estimate of drug-likeness (QED) is 0.462. The third-order valence-corrected chi connectivity index (χ3v) is 6.24. The molecule has 0 bridgehead atoms. The molecule has 0 unspecified atom stereocenters. The topological polar surface area (TPSA) is 0 Å². The van der Waals surface area contributed by atoms with E-state index in [1.165, 1.54) is 59.2 Å². The average molecular weight is 130 g/mol. The summed E-state index contributed by atoms with van der Waals surface area (Å²) in [6.45, 7) is 0. The van der Waals surface area contributed by atoms with Gasteiger partial charge in [0.15, 0.2) is 0 Å². The Hall–Kier alpha value is 0. The van der Waals surface area contributed by atoms with Gasteiger partial charge in [-0.15, -0.1) is 0 Å². The molecule has 10 heavy (non-hydrogen) atoms. The average Bonchev–Trinajstić information content (AvgIpc) is 2.77. The molecule has 50 valence electrons. The molecule has 6 rings (SSSR count). The highest BCUT2D eigenvalue weighted by molar-refractivity contribution is 5.44. The minimum atomic E-state index is 1.33. The standard InChI is InChI=1S/C10H10/c1-2-4-6-5-3(1)8(5)10(7(1)2)9(4)6/h1-10H. The van der Waals surface area contributed by atoms with Crippen molar-refractivity contribution in [3.63, 3.8) is 0 Å². The SMILES string of the molecule is C12C3C4C5C4C4C(C4C13)C25. The second-order valence-corrected chi connectivity index (χ2v) is 5.77. The molecule has 6 aliphatic carbocycles. The van der Waals surface area contributed by atoms with Gasteiger partial charge in [0, 0.05) is 0 Å². The van der Waals surface area contributed by atoms with E-state index in [2.05, 4.69) is 0 Å². The molecule has 0 radical (unpaired) electrons. The summed E-state index contributed by atoms with van der Waals surface area (Å²) in [7, 11) is 0. The fraction of sp³-hybridized carbons (Fsp3) is 1.00. The summed E-state index contributed by atoms with van der Waals surface area (Å²) in [4.78, 5) is 0. The minimum Gasteiger partial charge on any atom is -0.0312 e. The fourth-order valence-corrected chi connectivity index (χ4v) is 6.54. The van der Waals surface area contributed by atoms with Gasteiger partial charge < -0.3 is 0 Å². The zero-order valence-corrected chi connectivity index (χ0v) is 5.77. The predicted octanol–water partition coefficient (Wildman–Crippen LogP) is 1.23. The molecule has 0 aliphatic heterocycles. The summed E-state index contributed by atoms with van der Waals surface area (Å²) in [5.41, 5.74) is 0. The van der Waals surface area contributed by atoms with Crippen LogP contribution in [0.4, 0.5) is 0 Å². The molecule has 0 amide bonds. The second-order valence-electron chi connectivity index (χ2n) is 5.77. The molecule has 0 N–H and O–H groups in total. The van der Waals surface area contributed by atoms with Gasteiger partial charge in [0.05, 0.1) is 0 Å². The monoisotopic (exact) mass is 130 g/mol. The lowest BCUT2D eigenvalue weighted by molar-refractivity contribution is 0.434. The van der Waals surface area contributed by atoms with E-state index in [0.717, 1.165) is 0 Å². The van der Waals surface area contributed by atoms with Crippen LogP contribution < -0.4 is 0 Å². The lowest BCUT2D eigenvalue weighted by Gasteiger charge is -2.03. The summed E-state index contributed by atoms with van der Waals surface area (Å²) in [6, 6.07) is 0. The summed E-state index contributed by atoms with van der Waals surface area (Å²) < 4.78 is 0. The third kappa shape index (κ3) is 0.134. The maximum atomic E-state index is 1.33. The van der Waals surface area contributed by atoms with Crippen LogP contribution in [0.25, 0.3) is 0 Å². The van der Waals surface area contributed by atoms with Crippen molar-refractivity contribution in [2.75, 3.05) is 0 Å². The number of hydrogen-bond acceptors (Lipinski definition) is 0. The molecule has 0 nitrogen and oxygen atoms in total. The first-order chi connectivity index (χ1) is 5.00. The summed E-state index contributed by atoms with van der Waals surface area (Å²) in [6.07, 6.45) is 0. The maximum absolute atomic E-state index is 1.33. The minimum absolute atomic E-state index is 1.33. The zero-order chi connectivity index (χ0) is 5.77. The van der Waals surface area contributed by atoms with Crippen molar-refractivity contribution in [2.45, 2.75) is 0 Å².